The number of aromatic nitrogens is 3. The molecule has 0 saturated carbocycles. The van der Waals surface area contributed by atoms with Gasteiger partial charge in [-0.1, -0.05) is 12.1 Å². The summed E-state index contributed by atoms with van der Waals surface area (Å²) in [6, 6.07) is 10.5. The second-order valence-electron chi connectivity index (χ2n) is 6.78. The van der Waals surface area contributed by atoms with E-state index in [1.807, 2.05) is 12.1 Å². The first-order chi connectivity index (χ1) is 13.3. The van der Waals surface area contributed by atoms with Gasteiger partial charge in [-0.15, -0.1) is 0 Å². The van der Waals surface area contributed by atoms with Crippen LogP contribution in [0.2, 0.25) is 0 Å². The molecule has 0 fully saturated rings. The summed E-state index contributed by atoms with van der Waals surface area (Å²) in [5.74, 6) is -1.37. The van der Waals surface area contributed by atoms with Crippen LogP contribution in [0.1, 0.15) is 11.3 Å². The zero-order chi connectivity index (χ0) is 20.2. The average Bonchev–Trinajstić information content (AvgIpc) is 2.99. The Bertz CT molecular complexity index is 1290. The van der Waals surface area contributed by atoms with Gasteiger partial charge >= 0.3 is 0 Å². The fourth-order valence-electron chi connectivity index (χ4n) is 3.64. The quantitative estimate of drug-likeness (QED) is 0.537. The van der Waals surface area contributed by atoms with Crippen molar-refractivity contribution >= 4 is 11.3 Å². The van der Waals surface area contributed by atoms with E-state index in [2.05, 4.69) is 5.10 Å². The van der Waals surface area contributed by atoms with Gasteiger partial charge in [-0.25, -0.2) is 8.78 Å². The first-order valence-electron chi connectivity index (χ1n) is 8.70. The molecule has 2 heterocycles. The maximum Gasteiger partial charge on any atom is 0.277 e. The van der Waals surface area contributed by atoms with Crippen molar-refractivity contribution in [1.29, 1.82) is 0 Å². The van der Waals surface area contributed by atoms with E-state index >= 15 is 0 Å². The predicted octanol–water partition coefficient (Wildman–Crippen LogP) is 3.84. The number of aryl methyl sites for hydroxylation is 2. The van der Waals surface area contributed by atoms with E-state index in [9.17, 15) is 13.6 Å². The van der Waals surface area contributed by atoms with Crippen LogP contribution in [-0.2, 0) is 7.05 Å². The topological polar surface area (TPSA) is 65.3 Å². The van der Waals surface area contributed by atoms with Crippen molar-refractivity contribution < 1.29 is 8.78 Å². The summed E-state index contributed by atoms with van der Waals surface area (Å²) in [5, 5.41) is 4.33. The molecule has 0 aliphatic heterocycles. The highest BCUT2D eigenvalue weighted by atomic mass is 19.1. The number of nitrogens with two attached hydrogens (primary N) is 1. The van der Waals surface area contributed by atoms with Crippen molar-refractivity contribution in [3.63, 3.8) is 0 Å². The van der Waals surface area contributed by atoms with Gasteiger partial charge in [-0.2, -0.15) is 9.61 Å². The molecule has 0 atom stereocenters. The summed E-state index contributed by atoms with van der Waals surface area (Å²) in [5.41, 5.74) is 9.65. The third-order valence-corrected chi connectivity index (χ3v) is 4.94. The summed E-state index contributed by atoms with van der Waals surface area (Å²) in [4.78, 5) is 13.0. The first kappa shape index (κ1) is 17.9. The third-order valence-electron chi connectivity index (χ3n) is 4.94. The lowest BCUT2D eigenvalue weighted by molar-refractivity contribution is 0.585. The lowest BCUT2D eigenvalue weighted by Gasteiger charge is -2.15. The molecule has 142 valence electrons. The molecule has 4 rings (SSSR count). The molecule has 0 aliphatic carbocycles. The van der Waals surface area contributed by atoms with E-state index in [-0.39, 0.29) is 11.1 Å². The van der Waals surface area contributed by atoms with Gasteiger partial charge in [0.25, 0.3) is 5.56 Å². The Morgan fingerprint density at radius 1 is 1.04 bits per heavy atom. The van der Waals surface area contributed by atoms with Gasteiger partial charge in [0.15, 0.2) is 0 Å². The molecule has 5 nitrogen and oxygen atoms in total. The summed E-state index contributed by atoms with van der Waals surface area (Å²) in [7, 11) is 1.79. The highest BCUT2D eigenvalue weighted by Crippen LogP contribution is 2.32. The van der Waals surface area contributed by atoms with Crippen LogP contribution in [0.15, 0.2) is 47.3 Å². The highest BCUT2D eigenvalue weighted by Gasteiger charge is 2.22. The van der Waals surface area contributed by atoms with E-state index in [1.54, 1.807) is 37.6 Å². The van der Waals surface area contributed by atoms with E-state index in [4.69, 9.17) is 5.73 Å². The van der Waals surface area contributed by atoms with Gasteiger partial charge in [0.1, 0.15) is 17.3 Å². The Balaban J connectivity index is 2.13. The number of anilines is 1. The molecule has 0 aliphatic rings. The Kier molecular flexibility index (Phi) is 4.03. The van der Waals surface area contributed by atoms with Crippen molar-refractivity contribution in [2.24, 2.45) is 7.05 Å². The molecule has 0 saturated heterocycles. The lowest BCUT2D eigenvalue weighted by Crippen LogP contribution is -2.22. The number of benzene rings is 2. The van der Waals surface area contributed by atoms with Crippen LogP contribution in [0.4, 0.5) is 14.5 Å². The molecule has 0 radical (unpaired) electrons. The zero-order valence-electron chi connectivity index (χ0n) is 15.6. The van der Waals surface area contributed by atoms with Crippen molar-refractivity contribution in [2.45, 2.75) is 13.8 Å². The van der Waals surface area contributed by atoms with Crippen LogP contribution >= 0.6 is 0 Å². The van der Waals surface area contributed by atoms with Gasteiger partial charge in [0, 0.05) is 29.9 Å². The number of fused-ring (bicyclic) bond motifs is 1. The Morgan fingerprint density at radius 2 is 1.71 bits per heavy atom. The molecule has 28 heavy (non-hydrogen) atoms. The molecular weight excluding hydrogens is 362 g/mol. The summed E-state index contributed by atoms with van der Waals surface area (Å²) >= 11 is 0. The number of nitrogen functional groups attached to an aromatic ring is 1. The van der Waals surface area contributed by atoms with Crippen LogP contribution in [0.5, 0.6) is 0 Å². The zero-order valence-corrected chi connectivity index (χ0v) is 15.6. The minimum atomic E-state index is -0.708. The van der Waals surface area contributed by atoms with E-state index in [0.29, 0.717) is 33.8 Å². The van der Waals surface area contributed by atoms with Crippen molar-refractivity contribution in [3.05, 3.63) is 75.7 Å². The average molecular weight is 380 g/mol. The molecule has 0 spiro atoms. The predicted molar refractivity (Wildman–Crippen MR) is 105 cm³/mol. The van der Waals surface area contributed by atoms with E-state index in [0.717, 1.165) is 11.6 Å². The van der Waals surface area contributed by atoms with Crippen LogP contribution in [-0.4, -0.2) is 14.2 Å². The van der Waals surface area contributed by atoms with Crippen LogP contribution < -0.4 is 11.3 Å². The summed E-state index contributed by atoms with van der Waals surface area (Å²) < 4.78 is 31.0. The SMILES string of the molecule is Cc1nn2c(=O)c(C)c(-c3ccc(N)cc3)n(C)c2c1-c1ccc(F)cc1F. The Morgan fingerprint density at radius 3 is 2.36 bits per heavy atom. The Labute approximate surface area is 159 Å². The van der Waals surface area contributed by atoms with Gasteiger partial charge < -0.3 is 10.3 Å². The fourth-order valence-corrected chi connectivity index (χ4v) is 3.64. The largest absolute Gasteiger partial charge is 0.399 e. The van der Waals surface area contributed by atoms with Crippen LogP contribution in [0, 0.1) is 25.5 Å². The smallest absolute Gasteiger partial charge is 0.277 e. The fraction of sp³-hybridized carbons (Fsp3) is 0.143. The minimum absolute atomic E-state index is 0.191. The van der Waals surface area contributed by atoms with Crippen molar-refractivity contribution in [3.8, 4) is 22.4 Å². The number of hydrogen-bond acceptors (Lipinski definition) is 3. The molecule has 2 aromatic heterocycles. The molecule has 0 bridgehead atoms. The first-order valence-corrected chi connectivity index (χ1v) is 8.70. The number of halogens is 2. The maximum absolute atomic E-state index is 14.5. The Hall–Kier alpha value is -3.48. The number of rotatable bonds is 2. The summed E-state index contributed by atoms with van der Waals surface area (Å²) in [6.07, 6.45) is 0. The standard InChI is InChI=1S/C21H18F2N4O/c1-11-19(13-4-7-15(24)8-5-13)26(3)20-18(12(2)25-27(20)21(11)28)16-9-6-14(22)10-17(16)23/h4-10H,24H2,1-3H3. The highest BCUT2D eigenvalue weighted by molar-refractivity contribution is 5.82. The molecular formula is C21H18F2N4O. The molecule has 0 unspecified atom stereocenters. The van der Waals surface area contributed by atoms with Gasteiger partial charge in [-0.05, 0) is 43.7 Å². The molecule has 4 aromatic rings. The minimum Gasteiger partial charge on any atom is -0.399 e. The third kappa shape index (κ3) is 2.58. The van der Waals surface area contributed by atoms with Gasteiger partial charge in [0.05, 0.1) is 17.0 Å². The number of hydrogen-bond donors (Lipinski definition) is 1. The summed E-state index contributed by atoms with van der Waals surface area (Å²) in [6.45, 7) is 3.42. The molecule has 7 heteroatoms. The van der Waals surface area contributed by atoms with E-state index in [1.165, 1.54) is 16.6 Å². The van der Waals surface area contributed by atoms with E-state index < -0.39 is 11.6 Å². The lowest BCUT2D eigenvalue weighted by atomic mass is 10.0. The van der Waals surface area contributed by atoms with Crippen molar-refractivity contribution in [1.82, 2.24) is 14.2 Å². The van der Waals surface area contributed by atoms with Crippen molar-refractivity contribution in [2.75, 3.05) is 5.73 Å². The second-order valence-corrected chi connectivity index (χ2v) is 6.78. The van der Waals surface area contributed by atoms with Crippen LogP contribution in [0.25, 0.3) is 28.0 Å². The maximum atomic E-state index is 14.5. The monoisotopic (exact) mass is 380 g/mol. The second kappa shape index (κ2) is 6.30. The molecule has 0 amide bonds. The van der Waals surface area contributed by atoms with Gasteiger partial charge in [0.2, 0.25) is 0 Å². The molecule has 2 N–H and O–H groups in total. The molecule has 2 aromatic carbocycles. The normalized spacial score (nSPS) is 11.3. The number of nitrogens with zero attached hydrogens (tertiary/aromatic N) is 3. The van der Waals surface area contributed by atoms with Crippen LogP contribution in [0.3, 0.4) is 0 Å². The van der Waals surface area contributed by atoms with Gasteiger partial charge in [-0.3, -0.25) is 4.79 Å².